The second kappa shape index (κ2) is 16.9. The van der Waals surface area contributed by atoms with Gasteiger partial charge < -0.3 is 39.8 Å². The van der Waals surface area contributed by atoms with E-state index in [1.54, 1.807) is 0 Å². The molecule has 3 N–H and O–H groups in total. The lowest BCUT2D eigenvalue weighted by atomic mass is 9.84. The maximum Gasteiger partial charge on any atom is 0.408 e. The molecule has 0 radical (unpaired) electrons. The quantitative estimate of drug-likeness (QED) is 0.228. The molecule has 0 aliphatic carbocycles. The summed E-state index contributed by atoms with van der Waals surface area (Å²) in [5, 5.41) is 8.94. The van der Waals surface area contributed by atoms with Crippen molar-refractivity contribution in [2.75, 3.05) is 46.1 Å². The molecule has 288 valence electrons. The zero-order valence-corrected chi connectivity index (χ0v) is 31.3. The molecule has 15 heteroatoms. The number of aromatic nitrogens is 1. The average Bonchev–Trinajstić information content (AvgIpc) is 3.99. The molecule has 0 bridgehead atoms. The first-order chi connectivity index (χ1) is 25.6. The van der Waals surface area contributed by atoms with Crippen LogP contribution in [0.25, 0.3) is 10.2 Å². The maximum atomic E-state index is 14.4. The van der Waals surface area contributed by atoms with E-state index in [1.165, 1.54) is 11.3 Å². The SMILES string of the molecule is CC(C)N1CC[C@H](C[C@H](CC(=O)[C@@H](NC(=O)OC2COC3OCCC23)C2CCOC2)C(=O)N[C@@H](C[C@@H]2CCNC2=O)C(=O)c2nc3ccccc3s2)C1. The highest BCUT2D eigenvalue weighted by Crippen LogP contribution is 2.34. The monoisotopic (exact) mass is 753 g/mol. The Morgan fingerprint density at radius 1 is 1.04 bits per heavy atom. The summed E-state index contributed by atoms with van der Waals surface area (Å²) in [4.78, 5) is 75.8. The second-order valence-electron chi connectivity index (χ2n) is 15.5. The van der Waals surface area contributed by atoms with Crippen molar-refractivity contribution in [3.05, 3.63) is 29.3 Å². The number of ether oxygens (including phenoxy) is 4. The fraction of sp³-hybridized carbons (Fsp3) is 0.684. The number of carbonyl (C=O) groups is 5. The van der Waals surface area contributed by atoms with Crippen molar-refractivity contribution in [1.82, 2.24) is 25.8 Å². The van der Waals surface area contributed by atoms with Gasteiger partial charge in [0.05, 0.1) is 48.0 Å². The molecule has 3 amide bonds. The highest BCUT2D eigenvalue weighted by Gasteiger charge is 2.45. The normalized spacial score (nSPS) is 28.8. The molecule has 53 heavy (non-hydrogen) atoms. The molecule has 2 aromatic rings. The van der Waals surface area contributed by atoms with Gasteiger partial charge in [0.2, 0.25) is 17.6 Å². The summed E-state index contributed by atoms with van der Waals surface area (Å²) in [7, 11) is 0. The Kier molecular flexibility index (Phi) is 12.0. The lowest BCUT2D eigenvalue weighted by molar-refractivity contribution is -0.131. The maximum absolute atomic E-state index is 14.4. The Morgan fingerprint density at radius 2 is 1.89 bits per heavy atom. The lowest BCUT2D eigenvalue weighted by Gasteiger charge is -2.28. The van der Waals surface area contributed by atoms with E-state index < -0.39 is 42.0 Å². The average molecular weight is 754 g/mol. The molecule has 1 aromatic heterocycles. The number of hydrogen-bond donors (Lipinski definition) is 3. The number of Topliss-reactive ketones (excluding diaryl/α,β-unsaturated/α-hetero) is 2. The van der Waals surface area contributed by atoms with Crippen LogP contribution in [0.3, 0.4) is 0 Å². The van der Waals surface area contributed by atoms with Gasteiger partial charge in [-0.2, -0.15) is 0 Å². The molecular formula is C38H51N5O9S. The van der Waals surface area contributed by atoms with Crippen molar-refractivity contribution in [3.63, 3.8) is 0 Å². The summed E-state index contributed by atoms with van der Waals surface area (Å²) in [5.74, 6) is -2.59. The number of rotatable bonds is 15. The molecule has 1 aromatic carbocycles. The Balaban J connectivity index is 1.10. The van der Waals surface area contributed by atoms with Crippen LogP contribution in [0.5, 0.6) is 0 Å². The number of carbonyl (C=O) groups excluding carboxylic acids is 5. The number of benzene rings is 1. The minimum atomic E-state index is -1.01. The molecule has 5 aliphatic rings. The van der Waals surface area contributed by atoms with E-state index in [-0.39, 0.29) is 66.0 Å². The van der Waals surface area contributed by atoms with Gasteiger partial charge in [-0.05, 0) is 77.0 Å². The van der Waals surface area contributed by atoms with E-state index in [0.717, 1.165) is 30.6 Å². The topological polar surface area (TPSA) is 174 Å². The van der Waals surface area contributed by atoms with Crippen molar-refractivity contribution in [1.29, 1.82) is 0 Å². The Morgan fingerprint density at radius 3 is 2.62 bits per heavy atom. The van der Waals surface area contributed by atoms with Crippen molar-refractivity contribution in [2.24, 2.45) is 29.6 Å². The zero-order chi connectivity index (χ0) is 37.1. The van der Waals surface area contributed by atoms with Crippen LogP contribution in [0, 0.1) is 29.6 Å². The van der Waals surface area contributed by atoms with Crippen LogP contribution in [0.1, 0.15) is 68.6 Å². The standard InChI is InChI=1S/C38H51N5O9S/c1-21(2)43-12-8-22(18-43)15-25(17-29(44)32(24-9-13-49-19-24)42-38(48)52-30-20-51-37-26(30)10-14-50-37)35(47)40-28(16-23-7-11-39-34(23)46)33(45)36-41-27-5-3-4-6-31(27)53-36/h3-6,21-26,28,30,32,37H,7-20H2,1-2H3,(H,39,46)(H,40,47)(H,42,48)/t22-,23+,24?,25-,26?,28+,30?,32+,37?/m1/s1. The van der Waals surface area contributed by atoms with Gasteiger partial charge in [0.1, 0.15) is 6.10 Å². The summed E-state index contributed by atoms with van der Waals surface area (Å²) in [6, 6.07) is 5.88. The van der Waals surface area contributed by atoms with Crippen LogP contribution in [0.4, 0.5) is 4.79 Å². The Bertz CT molecular complexity index is 1630. The molecule has 0 saturated carbocycles. The van der Waals surface area contributed by atoms with Gasteiger partial charge in [-0.3, -0.25) is 19.2 Å². The van der Waals surface area contributed by atoms with E-state index >= 15 is 0 Å². The number of fused-ring (bicyclic) bond motifs is 2. The Hall–Kier alpha value is -3.50. The van der Waals surface area contributed by atoms with Crippen molar-refractivity contribution < 1.29 is 42.9 Å². The summed E-state index contributed by atoms with van der Waals surface area (Å²) in [6.07, 6.45) is 1.60. The van der Waals surface area contributed by atoms with Gasteiger partial charge >= 0.3 is 6.09 Å². The molecule has 5 aliphatic heterocycles. The smallest absolute Gasteiger partial charge is 0.408 e. The molecule has 6 heterocycles. The van der Waals surface area contributed by atoms with Gasteiger partial charge in [0.25, 0.3) is 0 Å². The van der Waals surface area contributed by atoms with E-state index in [2.05, 4.69) is 39.7 Å². The first-order valence-electron chi connectivity index (χ1n) is 19.2. The van der Waals surface area contributed by atoms with Crippen LogP contribution in [-0.2, 0) is 33.3 Å². The molecule has 14 nitrogen and oxygen atoms in total. The number of nitrogens with one attached hydrogen (secondary N) is 3. The highest BCUT2D eigenvalue weighted by molar-refractivity contribution is 7.20. The number of ketones is 2. The van der Waals surface area contributed by atoms with E-state index in [0.29, 0.717) is 57.2 Å². The third-order valence-electron chi connectivity index (χ3n) is 11.6. The van der Waals surface area contributed by atoms with Crippen LogP contribution in [0.2, 0.25) is 0 Å². The summed E-state index contributed by atoms with van der Waals surface area (Å²) in [6.45, 7) is 8.02. The van der Waals surface area contributed by atoms with E-state index in [1.807, 2.05) is 24.3 Å². The van der Waals surface area contributed by atoms with Gasteiger partial charge in [-0.15, -0.1) is 11.3 Å². The molecule has 5 saturated heterocycles. The molecule has 9 atom stereocenters. The minimum absolute atomic E-state index is 0.0525. The number of alkyl carbamates (subject to hydrolysis) is 1. The largest absolute Gasteiger partial charge is 0.443 e. The van der Waals surface area contributed by atoms with Crippen molar-refractivity contribution in [3.8, 4) is 0 Å². The van der Waals surface area contributed by atoms with Crippen LogP contribution in [0.15, 0.2) is 24.3 Å². The molecule has 5 fully saturated rings. The third-order valence-corrected chi connectivity index (χ3v) is 12.7. The van der Waals surface area contributed by atoms with Gasteiger partial charge in [0.15, 0.2) is 17.1 Å². The zero-order valence-electron chi connectivity index (χ0n) is 30.5. The van der Waals surface area contributed by atoms with Gasteiger partial charge in [-0.25, -0.2) is 9.78 Å². The number of hydrogen-bond acceptors (Lipinski definition) is 12. The minimum Gasteiger partial charge on any atom is -0.443 e. The molecule has 0 spiro atoms. The second-order valence-corrected chi connectivity index (χ2v) is 16.5. The van der Waals surface area contributed by atoms with Crippen LogP contribution >= 0.6 is 11.3 Å². The number of likely N-dealkylation sites (tertiary alicyclic amines) is 1. The Labute approximate surface area is 313 Å². The molecular weight excluding hydrogens is 703 g/mol. The van der Waals surface area contributed by atoms with Gasteiger partial charge in [-0.1, -0.05) is 12.1 Å². The van der Waals surface area contributed by atoms with Crippen molar-refractivity contribution in [2.45, 2.75) is 89.3 Å². The number of nitrogens with zero attached hydrogens (tertiary/aromatic N) is 2. The van der Waals surface area contributed by atoms with E-state index in [4.69, 9.17) is 18.9 Å². The predicted molar refractivity (Wildman–Crippen MR) is 194 cm³/mol. The number of para-hydroxylation sites is 1. The van der Waals surface area contributed by atoms with Crippen molar-refractivity contribution >= 4 is 51.0 Å². The summed E-state index contributed by atoms with van der Waals surface area (Å²) >= 11 is 1.26. The fourth-order valence-electron chi connectivity index (χ4n) is 8.50. The van der Waals surface area contributed by atoms with Crippen LogP contribution in [-0.4, -0.2) is 116 Å². The number of thiazole rings is 1. The van der Waals surface area contributed by atoms with E-state index in [9.17, 15) is 24.0 Å². The third kappa shape index (κ3) is 8.91. The molecule has 7 rings (SSSR count). The lowest BCUT2D eigenvalue weighted by Crippen LogP contribution is -2.50. The summed E-state index contributed by atoms with van der Waals surface area (Å²) in [5.41, 5.74) is 0.689. The van der Waals surface area contributed by atoms with Crippen LogP contribution < -0.4 is 16.0 Å². The predicted octanol–water partition coefficient (Wildman–Crippen LogP) is 3.08. The summed E-state index contributed by atoms with van der Waals surface area (Å²) < 4.78 is 23.4. The molecule has 4 unspecified atom stereocenters. The fourth-order valence-corrected chi connectivity index (χ4v) is 9.46. The number of amides is 3. The van der Waals surface area contributed by atoms with Gasteiger partial charge in [0, 0.05) is 49.9 Å². The highest BCUT2D eigenvalue weighted by atomic mass is 32.1. The first kappa shape index (κ1) is 37.8. The first-order valence-corrected chi connectivity index (χ1v) is 20.0.